The Hall–Kier alpha value is -1.21. The Bertz CT molecular complexity index is 536. The summed E-state index contributed by atoms with van der Waals surface area (Å²) in [6.07, 6.45) is 0.837. The Morgan fingerprint density at radius 1 is 1.52 bits per heavy atom. The number of aliphatic hydroxyl groups is 1. The molecule has 1 unspecified atom stereocenters. The van der Waals surface area contributed by atoms with E-state index in [2.05, 4.69) is 5.32 Å². The first kappa shape index (κ1) is 18.1. The van der Waals surface area contributed by atoms with Gasteiger partial charge in [-0.05, 0) is 30.5 Å². The van der Waals surface area contributed by atoms with Crippen LogP contribution >= 0.6 is 11.6 Å². The van der Waals surface area contributed by atoms with Gasteiger partial charge in [-0.1, -0.05) is 17.7 Å². The summed E-state index contributed by atoms with van der Waals surface area (Å²) in [5, 5.41) is 13.4. The molecule has 1 fully saturated rings. The molecule has 1 heterocycles. The van der Waals surface area contributed by atoms with Gasteiger partial charge in [0.1, 0.15) is 12.4 Å². The van der Waals surface area contributed by atoms with Crippen LogP contribution in [-0.4, -0.2) is 55.3 Å². The summed E-state index contributed by atoms with van der Waals surface area (Å²) in [7, 11) is 1.51. The Morgan fingerprint density at radius 2 is 2.22 bits per heavy atom. The summed E-state index contributed by atoms with van der Waals surface area (Å²) in [6, 6.07) is 4.54. The van der Waals surface area contributed by atoms with Crippen LogP contribution in [0.4, 0.5) is 4.39 Å². The average Bonchev–Trinajstić information content (AvgIpc) is 2.56. The van der Waals surface area contributed by atoms with Crippen molar-refractivity contribution in [1.82, 2.24) is 10.2 Å². The number of methoxy groups -OCH3 is 1. The fourth-order valence-corrected chi connectivity index (χ4v) is 2.78. The lowest BCUT2D eigenvalue weighted by molar-refractivity contribution is -0.136. The summed E-state index contributed by atoms with van der Waals surface area (Å²) < 4.78 is 18.3. The molecule has 2 N–H and O–H groups in total. The van der Waals surface area contributed by atoms with E-state index in [0.717, 1.165) is 12.8 Å². The van der Waals surface area contributed by atoms with E-state index < -0.39 is 11.9 Å². The second-order valence-corrected chi connectivity index (χ2v) is 6.09. The molecular formula is C16H22ClFN2O3. The Kier molecular flexibility index (Phi) is 6.77. The predicted octanol–water partition coefficient (Wildman–Crippen LogP) is 1.74. The van der Waals surface area contributed by atoms with Crippen LogP contribution in [0.15, 0.2) is 18.2 Å². The normalized spacial score (nSPS) is 17.3. The number of carbonyl (C=O) groups is 1. The van der Waals surface area contributed by atoms with Crippen molar-refractivity contribution in [2.24, 2.45) is 0 Å². The van der Waals surface area contributed by atoms with Crippen LogP contribution in [0.3, 0.4) is 0 Å². The van der Waals surface area contributed by atoms with Crippen LogP contribution in [0.25, 0.3) is 0 Å². The SMILES string of the molecule is COCC(=O)N1CCC(NCC(O)c2ccc(Cl)c(F)c2)CC1. The molecule has 7 heteroatoms. The monoisotopic (exact) mass is 344 g/mol. The number of rotatable bonds is 6. The van der Waals surface area contributed by atoms with Crippen molar-refractivity contribution in [3.05, 3.63) is 34.6 Å². The number of hydrogen-bond donors (Lipinski definition) is 2. The number of ether oxygens (including phenoxy) is 1. The van der Waals surface area contributed by atoms with Crippen molar-refractivity contribution in [2.75, 3.05) is 33.4 Å². The molecule has 0 aromatic heterocycles. The molecule has 5 nitrogen and oxygen atoms in total. The van der Waals surface area contributed by atoms with Crippen molar-refractivity contribution in [3.8, 4) is 0 Å². The van der Waals surface area contributed by atoms with Crippen LogP contribution in [0.1, 0.15) is 24.5 Å². The van der Waals surface area contributed by atoms with E-state index in [-0.39, 0.29) is 23.6 Å². The third-order valence-corrected chi connectivity index (χ3v) is 4.35. The highest BCUT2D eigenvalue weighted by molar-refractivity contribution is 6.30. The second kappa shape index (κ2) is 8.59. The van der Waals surface area contributed by atoms with Crippen LogP contribution < -0.4 is 5.32 Å². The lowest BCUT2D eigenvalue weighted by Gasteiger charge is -2.32. The quantitative estimate of drug-likeness (QED) is 0.825. The van der Waals surface area contributed by atoms with Gasteiger partial charge in [-0.2, -0.15) is 0 Å². The molecular weight excluding hydrogens is 323 g/mol. The molecule has 0 radical (unpaired) electrons. The fraction of sp³-hybridized carbons (Fsp3) is 0.562. The minimum atomic E-state index is -0.796. The highest BCUT2D eigenvalue weighted by atomic mass is 35.5. The van der Waals surface area contributed by atoms with Gasteiger partial charge in [0.15, 0.2) is 0 Å². The van der Waals surface area contributed by atoms with Crippen LogP contribution in [-0.2, 0) is 9.53 Å². The number of carbonyl (C=O) groups excluding carboxylic acids is 1. The molecule has 0 saturated carbocycles. The van der Waals surface area contributed by atoms with Crippen LogP contribution in [0.2, 0.25) is 5.02 Å². The molecule has 23 heavy (non-hydrogen) atoms. The van der Waals surface area contributed by atoms with Gasteiger partial charge < -0.3 is 20.1 Å². The number of hydrogen-bond acceptors (Lipinski definition) is 4. The van der Waals surface area contributed by atoms with Crippen molar-refractivity contribution < 1.29 is 19.0 Å². The van der Waals surface area contributed by atoms with Crippen molar-refractivity contribution in [2.45, 2.75) is 25.0 Å². The molecule has 1 atom stereocenters. The third kappa shape index (κ3) is 5.14. The molecule has 1 aliphatic heterocycles. The molecule has 1 saturated heterocycles. The number of halogens is 2. The van der Waals surface area contributed by atoms with Gasteiger partial charge in [-0.15, -0.1) is 0 Å². The van der Waals surface area contributed by atoms with Crippen molar-refractivity contribution in [1.29, 1.82) is 0 Å². The van der Waals surface area contributed by atoms with Crippen molar-refractivity contribution >= 4 is 17.5 Å². The zero-order chi connectivity index (χ0) is 16.8. The molecule has 0 aliphatic carbocycles. The van der Waals surface area contributed by atoms with E-state index in [1.165, 1.54) is 19.2 Å². The molecule has 128 valence electrons. The summed E-state index contributed by atoms with van der Waals surface area (Å²) in [5.74, 6) is -0.532. The van der Waals surface area contributed by atoms with E-state index in [0.29, 0.717) is 25.2 Å². The van der Waals surface area contributed by atoms with E-state index >= 15 is 0 Å². The summed E-state index contributed by atoms with van der Waals surface area (Å²) >= 11 is 5.63. The largest absolute Gasteiger partial charge is 0.387 e. The summed E-state index contributed by atoms with van der Waals surface area (Å²) in [4.78, 5) is 13.5. The second-order valence-electron chi connectivity index (χ2n) is 5.69. The Morgan fingerprint density at radius 3 is 2.83 bits per heavy atom. The number of nitrogens with one attached hydrogen (secondary N) is 1. The maximum atomic E-state index is 13.4. The number of amides is 1. The van der Waals surface area contributed by atoms with Gasteiger partial charge in [-0.25, -0.2) is 4.39 Å². The first-order valence-electron chi connectivity index (χ1n) is 7.64. The number of nitrogens with zero attached hydrogens (tertiary/aromatic N) is 1. The molecule has 1 aromatic carbocycles. The van der Waals surface area contributed by atoms with Gasteiger partial charge in [0.25, 0.3) is 0 Å². The van der Waals surface area contributed by atoms with E-state index in [9.17, 15) is 14.3 Å². The van der Waals surface area contributed by atoms with Crippen LogP contribution in [0.5, 0.6) is 0 Å². The van der Waals surface area contributed by atoms with Crippen LogP contribution in [0, 0.1) is 5.82 Å². The van der Waals surface area contributed by atoms with Gasteiger partial charge >= 0.3 is 0 Å². The first-order valence-corrected chi connectivity index (χ1v) is 8.02. The van der Waals surface area contributed by atoms with Crippen molar-refractivity contribution in [3.63, 3.8) is 0 Å². The Balaban J connectivity index is 1.76. The number of aliphatic hydroxyl groups excluding tert-OH is 1. The lowest BCUT2D eigenvalue weighted by Crippen LogP contribution is -2.46. The van der Waals surface area contributed by atoms with E-state index in [1.807, 2.05) is 0 Å². The maximum absolute atomic E-state index is 13.4. The smallest absolute Gasteiger partial charge is 0.248 e. The molecule has 1 aliphatic rings. The topological polar surface area (TPSA) is 61.8 Å². The lowest BCUT2D eigenvalue weighted by atomic mass is 10.0. The van der Waals surface area contributed by atoms with Gasteiger partial charge in [-0.3, -0.25) is 4.79 Å². The fourth-order valence-electron chi connectivity index (χ4n) is 2.66. The minimum absolute atomic E-state index is 0.00243. The molecule has 1 aromatic rings. The zero-order valence-corrected chi connectivity index (χ0v) is 13.9. The van der Waals surface area contributed by atoms with E-state index in [4.69, 9.17) is 16.3 Å². The molecule has 0 spiro atoms. The number of benzene rings is 1. The Labute approximate surface area is 140 Å². The predicted molar refractivity (Wildman–Crippen MR) is 85.9 cm³/mol. The van der Waals surface area contributed by atoms with E-state index in [1.54, 1.807) is 11.0 Å². The van der Waals surface area contributed by atoms with Gasteiger partial charge in [0.05, 0.1) is 11.1 Å². The van der Waals surface area contributed by atoms with Gasteiger partial charge in [0.2, 0.25) is 5.91 Å². The highest BCUT2D eigenvalue weighted by Gasteiger charge is 2.23. The molecule has 1 amide bonds. The average molecular weight is 345 g/mol. The minimum Gasteiger partial charge on any atom is -0.387 e. The number of piperidine rings is 1. The third-order valence-electron chi connectivity index (χ3n) is 4.04. The van der Waals surface area contributed by atoms with Gasteiger partial charge in [0, 0.05) is 32.8 Å². The maximum Gasteiger partial charge on any atom is 0.248 e. The first-order chi connectivity index (χ1) is 11.0. The summed E-state index contributed by atoms with van der Waals surface area (Å²) in [5.41, 5.74) is 0.493. The highest BCUT2D eigenvalue weighted by Crippen LogP contribution is 2.20. The summed E-state index contributed by atoms with van der Waals surface area (Å²) in [6.45, 7) is 1.79. The molecule has 0 bridgehead atoms. The zero-order valence-electron chi connectivity index (χ0n) is 13.1. The molecule has 2 rings (SSSR count). The number of likely N-dealkylation sites (tertiary alicyclic amines) is 1. The standard InChI is InChI=1S/C16H22ClFN2O3/c1-23-10-16(22)20-6-4-12(5-7-20)19-9-15(21)11-2-3-13(17)14(18)8-11/h2-3,8,12,15,19,21H,4-7,9-10H2,1H3.